The van der Waals surface area contributed by atoms with Gasteiger partial charge in [0.1, 0.15) is 5.82 Å². The lowest BCUT2D eigenvalue weighted by Crippen LogP contribution is -1.94. The van der Waals surface area contributed by atoms with Crippen LogP contribution in [0.5, 0.6) is 0 Å². The molecule has 0 spiro atoms. The van der Waals surface area contributed by atoms with E-state index in [0.717, 1.165) is 22.2 Å². The number of aromatic nitrogens is 2. The highest BCUT2D eigenvalue weighted by atomic mass is 35.5. The van der Waals surface area contributed by atoms with Gasteiger partial charge in [-0.15, -0.1) is 0 Å². The van der Waals surface area contributed by atoms with E-state index in [9.17, 15) is 0 Å². The van der Waals surface area contributed by atoms with Gasteiger partial charge in [-0.3, -0.25) is 0 Å². The van der Waals surface area contributed by atoms with Crippen LogP contribution in [0.25, 0.3) is 5.69 Å². The van der Waals surface area contributed by atoms with Gasteiger partial charge in [0.05, 0.1) is 5.69 Å². The summed E-state index contributed by atoms with van der Waals surface area (Å²) in [5, 5.41) is 0.753. The highest BCUT2D eigenvalue weighted by Crippen LogP contribution is 2.15. The number of rotatable bonds is 1. The first-order chi connectivity index (χ1) is 6.66. The third-order valence-corrected chi connectivity index (χ3v) is 2.36. The highest BCUT2D eigenvalue weighted by Gasteiger charge is 2.02. The molecule has 14 heavy (non-hydrogen) atoms. The van der Waals surface area contributed by atoms with Crippen LogP contribution in [-0.4, -0.2) is 9.55 Å². The lowest BCUT2D eigenvalue weighted by Gasteiger charge is -2.03. The fraction of sp³-hybridized carbons (Fsp3) is 0.182. The molecule has 2 rings (SSSR count). The molecule has 2 aromatic rings. The first kappa shape index (κ1) is 9.28. The van der Waals surface area contributed by atoms with E-state index < -0.39 is 0 Å². The zero-order valence-electron chi connectivity index (χ0n) is 8.16. The summed E-state index contributed by atoms with van der Waals surface area (Å²) in [7, 11) is 0. The van der Waals surface area contributed by atoms with Crippen molar-refractivity contribution in [3.63, 3.8) is 0 Å². The van der Waals surface area contributed by atoms with Gasteiger partial charge in [-0.25, -0.2) is 4.98 Å². The van der Waals surface area contributed by atoms with Crippen molar-refractivity contribution < 1.29 is 0 Å². The van der Waals surface area contributed by atoms with Crippen LogP contribution >= 0.6 is 11.6 Å². The third kappa shape index (κ3) is 1.66. The van der Waals surface area contributed by atoms with Crippen LogP contribution in [0.3, 0.4) is 0 Å². The molecular formula is C11H11ClN2. The summed E-state index contributed by atoms with van der Waals surface area (Å²) in [5.74, 6) is 0.991. The molecule has 1 aromatic heterocycles. The maximum absolute atomic E-state index is 5.82. The zero-order chi connectivity index (χ0) is 10.1. The summed E-state index contributed by atoms with van der Waals surface area (Å²) < 4.78 is 2.05. The molecule has 0 aliphatic rings. The molecule has 0 radical (unpaired) electrons. The van der Waals surface area contributed by atoms with Crippen LogP contribution in [0.15, 0.2) is 30.5 Å². The van der Waals surface area contributed by atoms with Crippen molar-refractivity contribution in [2.75, 3.05) is 0 Å². The van der Waals surface area contributed by atoms with Gasteiger partial charge in [-0.2, -0.15) is 0 Å². The molecule has 0 atom stereocenters. The molecule has 2 nitrogen and oxygen atoms in total. The lowest BCUT2D eigenvalue weighted by molar-refractivity contribution is 0.974. The van der Waals surface area contributed by atoms with Gasteiger partial charge in [0.2, 0.25) is 0 Å². The Labute approximate surface area is 88.2 Å². The van der Waals surface area contributed by atoms with Gasteiger partial charge in [0.15, 0.2) is 0 Å². The minimum Gasteiger partial charge on any atom is -0.304 e. The second-order valence-corrected chi connectivity index (χ2v) is 3.71. The smallest absolute Gasteiger partial charge is 0.110 e. The highest BCUT2D eigenvalue weighted by molar-refractivity contribution is 6.30. The van der Waals surface area contributed by atoms with E-state index in [1.807, 2.05) is 48.9 Å². The Balaban J connectivity index is 2.49. The Morgan fingerprint density at radius 2 is 1.79 bits per heavy atom. The van der Waals surface area contributed by atoms with Gasteiger partial charge in [-0.1, -0.05) is 11.6 Å². The van der Waals surface area contributed by atoms with E-state index in [-0.39, 0.29) is 0 Å². The number of halogens is 1. The van der Waals surface area contributed by atoms with Crippen LogP contribution in [0, 0.1) is 13.8 Å². The van der Waals surface area contributed by atoms with E-state index in [0.29, 0.717) is 0 Å². The molecule has 0 unspecified atom stereocenters. The van der Waals surface area contributed by atoms with Crippen LogP contribution in [0.2, 0.25) is 5.02 Å². The van der Waals surface area contributed by atoms with Crippen molar-refractivity contribution in [1.82, 2.24) is 9.55 Å². The molecule has 0 bridgehead atoms. The number of hydrogen-bond donors (Lipinski definition) is 0. The standard InChI is InChI=1S/C11H11ClN2/c1-8-7-14(9(2)13-8)11-5-3-10(12)4-6-11/h3-7H,1-2H3. The number of nitrogens with zero attached hydrogens (tertiary/aromatic N) is 2. The number of aryl methyl sites for hydroxylation is 2. The summed E-state index contributed by atoms with van der Waals surface area (Å²) in [6.07, 6.45) is 2.01. The maximum Gasteiger partial charge on any atom is 0.110 e. The van der Waals surface area contributed by atoms with Crippen LogP contribution in [0.4, 0.5) is 0 Å². The Bertz CT molecular complexity index is 443. The van der Waals surface area contributed by atoms with Gasteiger partial charge >= 0.3 is 0 Å². The van der Waals surface area contributed by atoms with Crippen molar-refractivity contribution in [1.29, 1.82) is 0 Å². The van der Waals surface area contributed by atoms with E-state index in [1.54, 1.807) is 0 Å². The minimum absolute atomic E-state index is 0.753. The molecule has 0 saturated carbocycles. The monoisotopic (exact) mass is 206 g/mol. The zero-order valence-corrected chi connectivity index (χ0v) is 8.92. The van der Waals surface area contributed by atoms with E-state index in [2.05, 4.69) is 4.98 Å². The van der Waals surface area contributed by atoms with Crippen molar-refractivity contribution in [3.05, 3.63) is 47.0 Å². The third-order valence-electron chi connectivity index (χ3n) is 2.11. The van der Waals surface area contributed by atoms with Gasteiger partial charge in [0.25, 0.3) is 0 Å². The Hall–Kier alpha value is -1.28. The largest absolute Gasteiger partial charge is 0.304 e. The summed E-state index contributed by atoms with van der Waals surface area (Å²) in [4.78, 5) is 4.34. The van der Waals surface area contributed by atoms with Crippen LogP contribution in [0.1, 0.15) is 11.5 Å². The summed E-state index contributed by atoms with van der Waals surface area (Å²) in [6.45, 7) is 3.97. The van der Waals surface area contributed by atoms with Crippen molar-refractivity contribution in [3.8, 4) is 5.69 Å². The fourth-order valence-corrected chi connectivity index (χ4v) is 1.61. The first-order valence-electron chi connectivity index (χ1n) is 4.45. The van der Waals surface area contributed by atoms with Gasteiger partial charge in [0, 0.05) is 16.9 Å². The normalized spacial score (nSPS) is 10.5. The van der Waals surface area contributed by atoms with Crippen LogP contribution in [-0.2, 0) is 0 Å². The summed E-state index contributed by atoms with van der Waals surface area (Å²) in [5.41, 5.74) is 2.12. The number of benzene rings is 1. The molecule has 72 valence electrons. The SMILES string of the molecule is Cc1cn(-c2ccc(Cl)cc2)c(C)n1. The number of hydrogen-bond acceptors (Lipinski definition) is 1. The fourth-order valence-electron chi connectivity index (χ4n) is 1.48. The molecular weight excluding hydrogens is 196 g/mol. The summed E-state index contributed by atoms with van der Waals surface area (Å²) >= 11 is 5.82. The second kappa shape index (κ2) is 3.46. The molecule has 3 heteroatoms. The van der Waals surface area contributed by atoms with Gasteiger partial charge in [-0.05, 0) is 38.1 Å². The van der Waals surface area contributed by atoms with Crippen molar-refractivity contribution in [2.24, 2.45) is 0 Å². The average Bonchev–Trinajstić information content (AvgIpc) is 2.47. The predicted octanol–water partition coefficient (Wildman–Crippen LogP) is 3.14. The van der Waals surface area contributed by atoms with Gasteiger partial charge < -0.3 is 4.57 Å². The summed E-state index contributed by atoms with van der Waals surface area (Å²) in [6, 6.07) is 7.73. The Kier molecular flexibility index (Phi) is 2.30. The maximum atomic E-state index is 5.82. The van der Waals surface area contributed by atoms with Crippen LogP contribution < -0.4 is 0 Å². The quantitative estimate of drug-likeness (QED) is 0.701. The van der Waals surface area contributed by atoms with Crippen molar-refractivity contribution in [2.45, 2.75) is 13.8 Å². The molecule has 0 amide bonds. The van der Waals surface area contributed by atoms with Crippen molar-refractivity contribution >= 4 is 11.6 Å². The molecule has 0 N–H and O–H groups in total. The Morgan fingerprint density at radius 3 is 2.29 bits per heavy atom. The molecule has 0 aliphatic heterocycles. The average molecular weight is 207 g/mol. The second-order valence-electron chi connectivity index (χ2n) is 3.28. The van der Waals surface area contributed by atoms with E-state index >= 15 is 0 Å². The molecule has 1 aromatic carbocycles. The topological polar surface area (TPSA) is 17.8 Å². The van der Waals surface area contributed by atoms with E-state index in [1.165, 1.54) is 0 Å². The predicted molar refractivity (Wildman–Crippen MR) is 58.0 cm³/mol. The lowest BCUT2D eigenvalue weighted by atomic mass is 10.3. The number of imidazole rings is 1. The van der Waals surface area contributed by atoms with E-state index in [4.69, 9.17) is 11.6 Å². The molecule has 0 aliphatic carbocycles. The first-order valence-corrected chi connectivity index (χ1v) is 4.83. The minimum atomic E-state index is 0.753. The molecule has 0 fully saturated rings. The Morgan fingerprint density at radius 1 is 1.14 bits per heavy atom. The molecule has 0 saturated heterocycles. The molecule has 1 heterocycles.